The highest BCUT2D eigenvalue weighted by molar-refractivity contribution is 8.01. The van der Waals surface area contributed by atoms with Crippen molar-refractivity contribution in [2.45, 2.75) is 16.2 Å². The Labute approximate surface area is 147 Å². The van der Waals surface area contributed by atoms with Crippen LogP contribution in [0, 0.1) is 6.92 Å². The number of aromatic nitrogens is 1. The van der Waals surface area contributed by atoms with E-state index >= 15 is 0 Å². The predicted octanol–water partition coefficient (Wildman–Crippen LogP) is 5.38. The highest BCUT2D eigenvalue weighted by Gasteiger charge is 2.11. The van der Waals surface area contributed by atoms with Crippen molar-refractivity contribution in [1.82, 2.24) is 4.98 Å². The number of rotatable bonds is 3. The Bertz CT molecular complexity index is 1060. The Morgan fingerprint density at radius 2 is 1.88 bits per heavy atom. The number of benzene rings is 2. The van der Waals surface area contributed by atoms with Crippen molar-refractivity contribution < 1.29 is 4.42 Å². The number of nitrogens with zero attached hydrogens (tertiary/aromatic N) is 1. The fourth-order valence-electron chi connectivity index (χ4n) is 2.37. The molecular formula is C19H13NO2S2. The molecule has 0 amide bonds. The van der Waals surface area contributed by atoms with E-state index in [0.29, 0.717) is 10.5 Å². The molecule has 0 aliphatic rings. The highest BCUT2D eigenvalue weighted by Crippen LogP contribution is 2.32. The molecule has 0 aliphatic carbocycles. The number of thiazole rings is 1. The molecule has 0 N–H and O–H groups in total. The van der Waals surface area contributed by atoms with Gasteiger partial charge in [0.05, 0.1) is 5.69 Å². The van der Waals surface area contributed by atoms with Gasteiger partial charge in [-0.3, -0.25) is 0 Å². The van der Waals surface area contributed by atoms with Gasteiger partial charge >= 0.3 is 5.63 Å². The average Bonchev–Trinajstić information content (AvgIpc) is 3.05. The molecule has 0 aliphatic heterocycles. The Morgan fingerprint density at radius 1 is 1.08 bits per heavy atom. The van der Waals surface area contributed by atoms with Crippen molar-refractivity contribution in [3.05, 3.63) is 76.0 Å². The van der Waals surface area contributed by atoms with Gasteiger partial charge in [-0.25, -0.2) is 9.78 Å². The van der Waals surface area contributed by atoms with E-state index < -0.39 is 0 Å². The molecule has 0 spiro atoms. The van der Waals surface area contributed by atoms with Crippen molar-refractivity contribution in [2.24, 2.45) is 0 Å². The molecule has 0 radical (unpaired) electrons. The lowest BCUT2D eigenvalue weighted by Crippen LogP contribution is -2.00. The quantitative estimate of drug-likeness (QED) is 0.465. The summed E-state index contributed by atoms with van der Waals surface area (Å²) in [5.74, 6) is 0. The van der Waals surface area contributed by atoms with Crippen LogP contribution in [-0.4, -0.2) is 4.98 Å². The van der Waals surface area contributed by atoms with E-state index in [1.807, 2.05) is 29.6 Å². The first-order valence-corrected chi connectivity index (χ1v) is 9.12. The minimum absolute atomic E-state index is 0.328. The minimum atomic E-state index is -0.328. The summed E-state index contributed by atoms with van der Waals surface area (Å²) in [6.45, 7) is 2.06. The van der Waals surface area contributed by atoms with Crippen LogP contribution in [0.5, 0.6) is 0 Å². The smallest absolute Gasteiger partial charge is 0.350 e. The fraction of sp³-hybridized carbons (Fsp3) is 0.0526. The Balaban J connectivity index is 1.65. The molecule has 0 fully saturated rings. The van der Waals surface area contributed by atoms with Crippen LogP contribution < -0.4 is 5.63 Å². The van der Waals surface area contributed by atoms with Crippen molar-refractivity contribution in [2.75, 3.05) is 0 Å². The second-order valence-corrected chi connectivity index (χ2v) is 7.55. The van der Waals surface area contributed by atoms with Crippen molar-refractivity contribution >= 4 is 34.1 Å². The molecule has 0 saturated carbocycles. The van der Waals surface area contributed by atoms with Gasteiger partial charge in [-0.2, -0.15) is 0 Å². The Hall–Kier alpha value is -2.37. The van der Waals surface area contributed by atoms with Gasteiger partial charge in [0.25, 0.3) is 0 Å². The zero-order valence-electron chi connectivity index (χ0n) is 12.9. The number of hydrogen-bond acceptors (Lipinski definition) is 5. The second-order valence-electron chi connectivity index (χ2n) is 5.40. The molecule has 2 aromatic heterocycles. The summed E-state index contributed by atoms with van der Waals surface area (Å²) in [6, 6.07) is 17.6. The fourth-order valence-corrected chi connectivity index (χ4v) is 4.17. The van der Waals surface area contributed by atoms with Gasteiger partial charge < -0.3 is 4.42 Å². The molecular weight excluding hydrogens is 338 g/mol. The van der Waals surface area contributed by atoms with E-state index in [0.717, 1.165) is 21.0 Å². The van der Waals surface area contributed by atoms with Crippen LogP contribution in [0.3, 0.4) is 0 Å². The maximum Gasteiger partial charge on any atom is 0.350 e. The van der Waals surface area contributed by atoms with Crippen LogP contribution >= 0.6 is 23.1 Å². The van der Waals surface area contributed by atoms with Gasteiger partial charge in [0, 0.05) is 16.3 Å². The molecule has 0 saturated heterocycles. The molecule has 4 aromatic rings. The summed E-state index contributed by atoms with van der Waals surface area (Å²) in [7, 11) is 0. The third kappa shape index (κ3) is 3.00. The van der Waals surface area contributed by atoms with Crippen molar-refractivity contribution in [1.29, 1.82) is 0 Å². The third-order valence-electron chi connectivity index (χ3n) is 3.64. The van der Waals surface area contributed by atoms with Gasteiger partial charge in [-0.1, -0.05) is 59.8 Å². The van der Waals surface area contributed by atoms with E-state index in [1.165, 1.54) is 28.7 Å². The SMILES string of the molecule is Cc1ccc(-c2csc(Sc3cc4ccccc4oc3=O)n2)cc1. The van der Waals surface area contributed by atoms with Gasteiger partial charge in [-0.15, -0.1) is 11.3 Å². The standard InChI is InChI=1S/C19H13NO2S2/c1-12-6-8-13(9-7-12)15-11-23-19(20-15)24-17-10-14-4-2-3-5-16(14)22-18(17)21/h2-11H,1H3. The minimum Gasteiger partial charge on any atom is -0.422 e. The molecule has 5 heteroatoms. The monoisotopic (exact) mass is 351 g/mol. The summed E-state index contributed by atoms with van der Waals surface area (Å²) in [6.07, 6.45) is 0. The van der Waals surface area contributed by atoms with E-state index in [-0.39, 0.29) is 5.63 Å². The summed E-state index contributed by atoms with van der Waals surface area (Å²) >= 11 is 2.88. The lowest BCUT2D eigenvalue weighted by Gasteiger charge is -2.00. The van der Waals surface area contributed by atoms with E-state index in [9.17, 15) is 4.79 Å². The summed E-state index contributed by atoms with van der Waals surface area (Å²) in [4.78, 5) is 17.3. The van der Waals surface area contributed by atoms with Gasteiger partial charge in [0.15, 0.2) is 4.34 Å². The van der Waals surface area contributed by atoms with Gasteiger partial charge in [-0.05, 0) is 19.1 Å². The summed E-state index contributed by atoms with van der Waals surface area (Å²) in [5.41, 5.74) is 3.50. The zero-order chi connectivity index (χ0) is 16.5. The number of para-hydroxylation sites is 1. The predicted molar refractivity (Wildman–Crippen MR) is 98.9 cm³/mol. The lowest BCUT2D eigenvalue weighted by atomic mass is 10.1. The molecule has 2 heterocycles. The van der Waals surface area contributed by atoms with Crippen LogP contribution in [0.4, 0.5) is 0 Å². The highest BCUT2D eigenvalue weighted by atomic mass is 32.2. The maximum absolute atomic E-state index is 12.1. The van der Waals surface area contributed by atoms with Crippen LogP contribution in [0.1, 0.15) is 5.56 Å². The molecule has 0 bridgehead atoms. The second kappa shape index (κ2) is 6.26. The van der Waals surface area contributed by atoms with Crippen LogP contribution in [-0.2, 0) is 0 Å². The molecule has 3 nitrogen and oxygen atoms in total. The lowest BCUT2D eigenvalue weighted by molar-refractivity contribution is 0.544. The molecule has 4 rings (SSSR count). The van der Waals surface area contributed by atoms with Gasteiger partial charge in [0.2, 0.25) is 0 Å². The van der Waals surface area contributed by atoms with Gasteiger partial charge in [0.1, 0.15) is 10.5 Å². The molecule has 0 atom stereocenters. The first kappa shape index (κ1) is 15.2. The Kier molecular flexibility index (Phi) is 3.96. The zero-order valence-corrected chi connectivity index (χ0v) is 14.5. The molecule has 118 valence electrons. The Morgan fingerprint density at radius 3 is 2.71 bits per heavy atom. The van der Waals surface area contributed by atoms with Crippen LogP contribution in [0.25, 0.3) is 22.2 Å². The van der Waals surface area contributed by atoms with Crippen LogP contribution in [0.2, 0.25) is 0 Å². The van der Waals surface area contributed by atoms with E-state index in [4.69, 9.17) is 4.42 Å². The number of hydrogen-bond donors (Lipinski definition) is 0. The third-order valence-corrected chi connectivity index (χ3v) is 5.58. The first-order valence-electron chi connectivity index (χ1n) is 7.42. The number of fused-ring (bicyclic) bond motifs is 1. The van der Waals surface area contributed by atoms with Crippen LogP contribution in [0.15, 0.2) is 78.4 Å². The molecule has 2 aromatic carbocycles. The molecule has 24 heavy (non-hydrogen) atoms. The van der Waals surface area contributed by atoms with E-state index in [1.54, 1.807) is 6.07 Å². The number of aryl methyl sites for hydroxylation is 1. The summed E-state index contributed by atoms with van der Waals surface area (Å²) < 4.78 is 6.20. The van der Waals surface area contributed by atoms with Crippen molar-refractivity contribution in [3.8, 4) is 11.3 Å². The van der Waals surface area contributed by atoms with Crippen molar-refractivity contribution in [3.63, 3.8) is 0 Å². The first-order chi connectivity index (χ1) is 11.7. The average molecular weight is 351 g/mol. The molecule has 0 unspecified atom stereocenters. The normalized spacial score (nSPS) is 11.0. The topological polar surface area (TPSA) is 43.1 Å². The van der Waals surface area contributed by atoms with E-state index in [2.05, 4.69) is 36.2 Å². The maximum atomic E-state index is 12.1. The summed E-state index contributed by atoms with van der Waals surface area (Å²) in [5, 5.41) is 2.92. The largest absolute Gasteiger partial charge is 0.422 e.